The van der Waals surface area contributed by atoms with E-state index < -0.39 is 0 Å². The number of methoxy groups -OCH3 is 1. The molecule has 0 amide bonds. The van der Waals surface area contributed by atoms with Gasteiger partial charge in [-0.1, -0.05) is 0 Å². The average Bonchev–Trinajstić information content (AvgIpc) is 2.31. The Labute approximate surface area is 115 Å². The fraction of sp³-hybridized carbons (Fsp3) is 0.643. The van der Waals surface area contributed by atoms with Gasteiger partial charge < -0.3 is 10.1 Å². The summed E-state index contributed by atoms with van der Waals surface area (Å²) in [6.45, 7) is 7.83. The summed E-state index contributed by atoms with van der Waals surface area (Å²) in [7, 11) is 1.70. The van der Waals surface area contributed by atoms with Crippen LogP contribution in [-0.4, -0.2) is 24.0 Å². The van der Waals surface area contributed by atoms with Crippen LogP contribution in [-0.2, 0) is 6.54 Å². The van der Waals surface area contributed by atoms with Crippen LogP contribution in [0.4, 0.5) is 0 Å². The van der Waals surface area contributed by atoms with Gasteiger partial charge in [-0.3, -0.25) is 4.98 Å². The molecule has 0 radical (unpaired) electrons. The van der Waals surface area contributed by atoms with Gasteiger partial charge in [0.1, 0.15) is 5.75 Å². The Morgan fingerprint density at radius 2 is 2.17 bits per heavy atom. The number of nitrogens with one attached hydrogen (secondary N) is 1. The lowest BCUT2D eigenvalue weighted by molar-refractivity contribution is 0.406. The van der Waals surface area contributed by atoms with Crippen LogP contribution in [0, 0.1) is 13.8 Å². The van der Waals surface area contributed by atoms with Gasteiger partial charge in [0.25, 0.3) is 0 Å². The molecule has 102 valence electrons. The van der Waals surface area contributed by atoms with Crippen molar-refractivity contribution in [3.8, 4) is 5.75 Å². The van der Waals surface area contributed by atoms with Gasteiger partial charge in [-0.2, -0.15) is 0 Å². The molecule has 0 spiro atoms. The van der Waals surface area contributed by atoms with Crippen LogP contribution < -0.4 is 10.1 Å². The number of rotatable bonds is 7. The maximum Gasteiger partial charge on any atom is 0.128 e. The lowest BCUT2D eigenvalue weighted by atomic mass is 10.1. The number of alkyl halides is 1. The van der Waals surface area contributed by atoms with Crippen LogP contribution >= 0.6 is 11.6 Å². The first kappa shape index (κ1) is 15.3. The fourth-order valence-corrected chi connectivity index (χ4v) is 2.12. The molecular weight excluding hydrogens is 248 g/mol. The summed E-state index contributed by atoms with van der Waals surface area (Å²) >= 11 is 5.90. The number of pyridine rings is 1. The van der Waals surface area contributed by atoms with Crippen LogP contribution in [0.15, 0.2) is 6.20 Å². The molecule has 1 atom stereocenters. The van der Waals surface area contributed by atoms with Gasteiger partial charge in [0, 0.05) is 29.2 Å². The maximum atomic E-state index is 5.90. The van der Waals surface area contributed by atoms with Crippen LogP contribution in [0.3, 0.4) is 0 Å². The summed E-state index contributed by atoms with van der Waals surface area (Å²) in [5.41, 5.74) is 3.25. The molecule has 3 nitrogen and oxygen atoms in total. The highest BCUT2D eigenvalue weighted by atomic mass is 35.5. The van der Waals surface area contributed by atoms with Gasteiger partial charge in [0.2, 0.25) is 0 Å². The molecule has 1 rings (SSSR count). The van der Waals surface area contributed by atoms with Crippen molar-refractivity contribution in [2.45, 2.75) is 45.5 Å². The van der Waals surface area contributed by atoms with Crippen LogP contribution in [0.1, 0.15) is 36.6 Å². The van der Waals surface area contributed by atoms with E-state index in [0.29, 0.717) is 0 Å². The Balaban J connectivity index is 2.48. The first-order chi connectivity index (χ1) is 8.56. The van der Waals surface area contributed by atoms with Gasteiger partial charge in [-0.15, -0.1) is 11.6 Å². The van der Waals surface area contributed by atoms with E-state index in [1.807, 2.05) is 20.0 Å². The first-order valence-electron chi connectivity index (χ1n) is 6.40. The van der Waals surface area contributed by atoms with Crippen LogP contribution in [0.5, 0.6) is 5.75 Å². The number of ether oxygens (including phenoxy) is 1. The van der Waals surface area contributed by atoms with Gasteiger partial charge in [0.15, 0.2) is 0 Å². The minimum Gasteiger partial charge on any atom is -0.496 e. The Bertz CT molecular complexity index is 380. The predicted octanol–water partition coefficient (Wildman–Crippen LogP) is 3.20. The Morgan fingerprint density at radius 3 is 2.78 bits per heavy atom. The molecule has 0 saturated carbocycles. The number of halogens is 1. The van der Waals surface area contributed by atoms with Crippen molar-refractivity contribution >= 4 is 11.6 Å². The lowest BCUT2D eigenvalue weighted by Crippen LogP contribution is -2.17. The van der Waals surface area contributed by atoms with Gasteiger partial charge in [0.05, 0.1) is 12.8 Å². The second-order valence-electron chi connectivity index (χ2n) is 4.65. The third-order valence-corrected chi connectivity index (χ3v) is 3.22. The molecular formula is C14H23ClN2O. The summed E-state index contributed by atoms with van der Waals surface area (Å²) in [6.07, 6.45) is 3.99. The van der Waals surface area contributed by atoms with Crippen molar-refractivity contribution in [2.75, 3.05) is 13.7 Å². The molecule has 1 aromatic heterocycles. The van der Waals surface area contributed by atoms with E-state index in [0.717, 1.165) is 48.5 Å². The standard InChI is InChI=1S/C14H23ClN2O/c1-10-8-17-13(12(3)14(10)18-4)9-16-7-5-6-11(2)15/h8,11,16H,5-7,9H2,1-4H3. The minimum atomic E-state index is 0.256. The second-order valence-corrected chi connectivity index (χ2v) is 5.39. The predicted molar refractivity (Wildman–Crippen MR) is 76.5 cm³/mol. The Morgan fingerprint density at radius 1 is 1.44 bits per heavy atom. The summed E-state index contributed by atoms with van der Waals surface area (Å²) in [5.74, 6) is 0.941. The van der Waals surface area contributed by atoms with Gasteiger partial charge in [-0.25, -0.2) is 0 Å². The third kappa shape index (κ3) is 4.46. The molecule has 0 aromatic carbocycles. The molecule has 0 fully saturated rings. The molecule has 0 aliphatic rings. The van der Waals surface area contributed by atoms with Gasteiger partial charge in [-0.05, 0) is 40.2 Å². The van der Waals surface area contributed by atoms with Crippen molar-refractivity contribution in [3.63, 3.8) is 0 Å². The normalized spacial score (nSPS) is 12.5. The first-order valence-corrected chi connectivity index (χ1v) is 6.83. The molecule has 0 bridgehead atoms. The fourth-order valence-electron chi connectivity index (χ4n) is 1.96. The number of hydrogen-bond acceptors (Lipinski definition) is 3. The molecule has 0 aliphatic heterocycles. The Kier molecular flexibility index (Phi) is 6.44. The zero-order chi connectivity index (χ0) is 13.5. The smallest absolute Gasteiger partial charge is 0.128 e. The van der Waals surface area contributed by atoms with Crippen molar-refractivity contribution in [1.82, 2.24) is 10.3 Å². The zero-order valence-corrected chi connectivity index (χ0v) is 12.5. The summed E-state index contributed by atoms with van der Waals surface area (Å²) in [4.78, 5) is 4.45. The molecule has 0 aliphatic carbocycles. The van der Waals surface area contributed by atoms with Crippen molar-refractivity contribution in [2.24, 2.45) is 0 Å². The Hall–Kier alpha value is -0.800. The number of aromatic nitrogens is 1. The van der Waals surface area contributed by atoms with Crippen LogP contribution in [0.2, 0.25) is 0 Å². The molecule has 18 heavy (non-hydrogen) atoms. The topological polar surface area (TPSA) is 34.1 Å². The second kappa shape index (κ2) is 7.59. The van der Waals surface area contributed by atoms with Crippen molar-refractivity contribution in [1.29, 1.82) is 0 Å². The van der Waals surface area contributed by atoms with Crippen molar-refractivity contribution in [3.05, 3.63) is 23.0 Å². The zero-order valence-electron chi connectivity index (χ0n) is 11.7. The molecule has 1 heterocycles. The summed E-state index contributed by atoms with van der Waals surface area (Å²) in [6, 6.07) is 0. The number of aryl methyl sites for hydroxylation is 1. The quantitative estimate of drug-likeness (QED) is 0.610. The molecule has 0 saturated heterocycles. The average molecular weight is 271 g/mol. The number of hydrogen-bond donors (Lipinski definition) is 1. The van der Waals surface area contributed by atoms with E-state index in [1.165, 1.54) is 0 Å². The summed E-state index contributed by atoms with van der Waals surface area (Å²) in [5, 5.41) is 3.65. The maximum absolute atomic E-state index is 5.90. The molecule has 4 heteroatoms. The third-order valence-electron chi connectivity index (χ3n) is 3.00. The van der Waals surface area contributed by atoms with Gasteiger partial charge >= 0.3 is 0 Å². The van der Waals surface area contributed by atoms with E-state index in [2.05, 4.69) is 17.2 Å². The monoisotopic (exact) mass is 270 g/mol. The highest BCUT2D eigenvalue weighted by Gasteiger charge is 2.08. The van der Waals surface area contributed by atoms with E-state index in [-0.39, 0.29) is 5.38 Å². The van der Waals surface area contributed by atoms with E-state index >= 15 is 0 Å². The molecule has 1 aromatic rings. The van der Waals surface area contributed by atoms with Crippen molar-refractivity contribution < 1.29 is 4.74 Å². The highest BCUT2D eigenvalue weighted by molar-refractivity contribution is 6.20. The number of nitrogens with zero attached hydrogens (tertiary/aromatic N) is 1. The van der Waals surface area contributed by atoms with E-state index in [4.69, 9.17) is 16.3 Å². The highest BCUT2D eigenvalue weighted by Crippen LogP contribution is 2.23. The molecule has 1 unspecified atom stereocenters. The largest absolute Gasteiger partial charge is 0.496 e. The van der Waals surface area contributed by atoms with E-state index in [1.54, 1.807) is 7.11 Å². The lowest BCUT2D eigenvalue weighted by Gasteiger charge is -2.12. The van der Waals surface area contributed by atoms with Crippen LogP contribution in [0.25, 0.3) is 0 Å². The summed E-state index contributed by atoms with van der Waals surface area (Å²) < 4.78 is 5.39. The minimum absolute atomic E-state index is 0.256. The van der Waals surface area contributed by atoms with E-state index in [9.17, 15) is 0 Å². The molecule has 1 N–H and O–H groups in total. The SMILES string of the molecule is COc1c(C)cnc(CNCCCC(C)Cl)c1C.